The summed E-state index contributed by atoms with van der Waals surface area (Å²) in [5.41, 5.74) is 3.30. The van der Waals surface area contributed by atoms with Gasteiger partial charge < -0.3 is 15.0 Å². The number of likely N-dealkylation sites (tertiary alicyclic amines) is 1. The SMILES string of the molecule is CSCC[C@@H](O)C(=O)N1CCC(c2nc3c(C)cccc3[nH]2)CC1. The third kappa shape index (κ3) is 3.59. The molecule has 1 aromatic carbocycles. The fourth-order valence-corrected chi connectivity index (χ4v) is 3.78. The molecule has 1 aliphatic rings. The highest BCUT2D eigenvalue weighted by molar-refractivity contribution is 7.98. The Balaban J connectivity index is 1.62. The molecular formula is C18H25N3O2S. The van der Waals surface area contributed by atoms with Crippen molar-refractivity contribution in [3.63, 3.8) is 0 Å². The van der Waals surface area contributed by atoms with Crippen molar-refractivity contribution in [3.05, 3.63) is 29.6 Å². The smallest absolute Gasteiger partial charge is 0.251 e. The van der Waals surface area contributed by atoms with Crippen molar-refractivity contribution >= 4 is 28.7 Å². The van der Waals surface area contributed by atoms with Crippen molar-refractivity contribution in [2.45, 2.75) is 38.2 Å². The fraction of sp³-hybridized carbons (Fsp3) is 0.556. The Morgan fingerprint density at radius 3 is 2.88 bits per heavy atom. The highest BCUT2D eigenvalue weighted by atomic mass is 32.2. The largest absolute Gasteiger partial charge is 0.383 e. The molecule has 3 rings (SSSR count). The molecule has 6 heteroatoms. The summed E-state index contributed by atoms with van der Waals surface area (Å²) >= 11 is 1.65. The molecular weight excluding hydrogens is 322 g/mol. The lowest BCUT2D eigenvalue weighted by molar-refractivity contribution is -0.141. The van der Waals surface area contributed by atoms with Gasteiger partial charge in [-0.15, -0.1) is 0 Å². The van der Waals surface area contributed by atoms with E-state index in [0.717, 1.165) is 35.5 Å². The standard InChI is InChI=1S/C18H25N3O2S/c1-12-4-3-5-14-16(12)20-17(19-14)13-6-9-21(10-7-13)18(23)15(22)8-11-24-2/h3-5,13,15,22H,6-11H2,1-2H3,(H,19,20)/t15-/m1/s1. The average Bonchev–Trinajstić information content (AvgIpc) is 3.05. The monoisotopic (exact) mass is 347 g/mol. The topological polar surface area (TPSA) is 69.2 Å². The minimum Gasteiger partial charge on any atom is -0.383 e. The number of benzene rings is 1. The van der Waals surface area contributed by atoms with Crippen LogP contribution in [0.2, 0.25) is 0 Å². The molecule has 130 valence electrons. The van der Waals surface area contributed by atoms with Gasteiger partial charge in [0, 0.05) is 19.0 Å². The number of aromatic nitrogens is 2. The van der Waals surface area contributed by atoms with Crippen LogP contribution in [0.25, 0.3) is 11.0 Å². The number of aliphatic hydroxyl groups is 1. The van der Waals surface area contributed by atoms with Crippen LogP contribution in [-0.2, 0) is 4.79 Å². The first-order valence-electron chi connectivity index (χ1n) is 8.51. The van der Waals surface area contributed by atoms with Gasteiger partial charge in [-0.3, -0.25) is 4.79 Å². The lowest BCUT2D eigenvalue weighted by Crippen LogP contribution is -2.43. The summed E-state index contributed by atoms with van der Waals surface area (Å²) in [7, 11) is 0. The number of carbonyl (C=O) groups is 1. The van der Waals surface area contributed by atoms with Gasteiger partial charge in [-0.05, 0) is 49.8 Å². The van der Waals surface area contributed by atoms with Gasteiger partial charge in [-0.1, -0.05) is 12.1 Å². The molecule has 1 aliphatic heterocycles. The molecule has 0 bridgehead atoms. The Hall–Kier alpha value is -1.53. The van der Waals surface area contributed by atoms with Gasteiger partial charge in [0.1, 0.15) is 11.9 Å². The van der Waals surface area contributed by atoms with Gasteiger partial charge in [0.2, 0.25) is 0 Å². The second kappa shape index (κ2) is 7.57. The van der Waals surface area contributed by atoms with Gasteiger partial charge in [0.25, 0.3) is 5.91 Å². The molecule has 1 amide bonds. The molecule has 0 spiro atoms. The van der Waals surface area contributed by atoms with E-state index in [0.29, 0.717) is 25.4 Å². The molecule has 1 aromatic heterocycles. The molecule has 0 saturated carbocycles. The number of rotatable bonds is 5. The van der Waals surface area contributed by atoms with Gasteiger partial charge >= 0.3 is 0 Å². The van der Waals surface area contributed by atoms with Crippen LogP contribution in [0.1, 0.15) is 36.6 Å². The number of thioether (sulfide) groups is 1. The molecule has 0 unspecified atom stereocenters. The zero-order valence-electron chi connectivity index (χ0n) is 14.3. The van der Waals surface area contributed by atoms with Crippen molar-refractivity contribution in [3.8, 4) is 0 Å². The Kier molecular flexibility index (Phi) is 5.46. The predicted octanol–water partition coefficient (Wildman–Crippen LogP) is 2.69. The number of aromatic amines is 1. The number of aliphatic hydroxyl groups excluding tert-OH is 1. The van der Waals surface area contributed by atoms with Gasteiger partial charge in [0.05, 0.1) is 11.0 Å². The maximum absolute atomic E-state index is 12.3. The molecule has 2 aromatic rings. The van der Waals surface area contributed by atoms with Crippen LogP contribution in [0.3, 0.4) is 0 Å². The molecule has 2 heterocycles. The zero-order chi connectivity index (χ0) is 17.1. The highest BCUT2D eigenvalue weighted by Gasteiger charge is 2.28. The fourth-order valence-electron chi connectivity index (χ4n) is 3.32. The van der Waals surface area contributed by atoms with Gasteiger partial charge in [-0.25, -0.2) is 4.98 Å². The van der Waals surface area contributed by atoms with E-state index in [9.17, 15) is 9.90 Å². The second-order valence-electron chi connectivity index (χ2n) is 6.49. The first-order valence-corrected chi connectivity index (χ1v) is 9.90. The Morgan fingerprint density at radius 1 is 1.46 bits per heavy atom. The van der Waals surface area contributed by atoms with E-state index in [4.69, 9.17) is 4.98 Å². The number of hydrogen-bond donors (Lipinski definition) is 2. The summed E-state index contributed by atoms with van der Waals surface area (Å²) in [5.74, 6) is 2.06. The number of nitrogens with zero attached hydrogens (tertiary/aromatic N) is 2. The Morgan fingerprint density at radius 2 is 2.21 bits per heavy atom. The number of hydrogen-bond acceptors (Lipinski definition) is 4. The Bertz CT molecular complexity index is 707. The van der Waals surface area contributed by atoms with E-state index in [1.54, 1.807) is 16.7 Å². The van der Waals surface area contributed by atoms with Crippen molar-refractivity contribution in [1.29, 1.82) is 0 Å². The van der Waals surface area contributed by atoms with E-state index in [1.165, 1.54) is 5.56 Å². The van der Waals surface area contributed by atoms with Crippen molar-refractivity contribution in [1.82, 2.24) is 14.9 Å². The second-order valence-corrected chi connectivity index (χ2v) is 7.48. The lowest BCUT2D eigenvalue weighted by atomic mass is 9.95. The predicted molar refractivity (Wildman–Crippen MR) is 98.4 cm³/mol. The maximum Gasteiger partial charge on any atom is 0.251 e. The normalized spacial score (nSPS) is 17.4. The van der Waals surface area contributed by atoms with E-state index >= 15 is 0 Å². The summed E-state index contributed by atoms with van der Waals surface area (Å²) in [6.45, 7) is 3.45. The molecule has 1 fully saturated rings. The average molecular weight is 347 g/mol. The number of fused-ring (bicyclic) bond motifs is 1. The van der Waals surface area contributed by atoms with Crippen molar-refractivity contribution < 1.29 is 9.90 Å². The van der Waals surface area contributed by atoms with Crippen LogP contribution in [0.4, 0.5) is 0 Å². The molecule has 1 atom stereocenters. The number of para-hydroxylation sites is 1. The number of imidazole rings is 1. The van der Waals surface area contributed by atoms with Crippen LogP contribution in [0, 0.1) is 6.92 Å². The third-order valence-corrected chi connectivity index (χ3v) is 5.45. The molecule has 24 heavy (non-hydrogen) atoms. The quantitative estimate of drug-likeness (QED) is 0.872. The maximum atomic E-state index is 12.3. The van der Waals surface area contributed by atoms with Crippen LogP contribution < -0.4 is 0 Å². The molecule has 0 aliphatic carbocycles. The van der Waals surface area contributed by atoms with Gasteiger partial charge in [0.15, 0.2) is 0 Å². The lowest BCUT2D eigenvalue weighted by Gasteiger charge is -2.32. The summed E-state index contributed by atoms with van der Waals surface area (Å²) in [4.78, 5) is 22.3. The van der Waals surface area contributed by atoms with E-state index in [2.05, 4.69) is 24.0 Å². The number of nitrogens with one attached hydrogen (secondary N) is 1. The van der Waals surface area contributed by atoms with E-state index < -0.39 is 6.10 Å². The number of piperidine rings is 1. The van der Waals surface area contributed by atoms with Crippen LogP contribution in [0.5, 0.6) is 0 Å². The first-order chi connectivity index (χ1) is 11.6. The van der Waals surface area contributed by atoms with Crippen molar-refractivity contribution in [2.24, 2.45) is 0 Å². The molecule has 5 nitrogen and oxygen atoms in total. The van der Waals surface area contributed by atoms with E-state index in [1.807, 2.05) is 12.3 Å². The minimum absolute atomic E-state index is 0.122. The third-order valence-electron chi connectivity index (χ3n) is 4.81. The van der Waals surface area contributed by atoms with Crippen LogP contribution in [-0.4, -0.2) is 57.1 Å². The van der Waals surface area contributed by atoms with E-state index in [-0.39, 0.29) is 5.91 Å². The first kappa shape index (κ1) is 17.3. The summed E-state index contributed by atoms with van der Waals surface area (Å²) < 4.78 is 0. The van der Waals surface area contributed by atoms with Crippen LogP contribution >= 0.6 is 11.8 Å². The van der Waals surface area contributed by atoms with Gasteiger partial charge in [-0.2, -0.15) is 11.8 Å². The number of aryl methyl sites for hydroxylation is 1. The number of carbonyl (C=O) groups excluding carboxylic acids is 1. The van der Waals surface area contributed by atoms with Crippen LogP contribution in [0.15, 0.2) is 18.2 Å². The highest BCUT2D eigenvalue weighted by Crippen LogP contribution is 2.28. The summed E-state index contributed by atoms with van der Waals surface area (Å²) in [6.07, 6.45) is 3.43. The summed E-state index contributed by atoms with van der Waals surface area (Å²) in [5, 5.41) is 9.99. The number of H-pyrrole nitrogens is 1. The molecule has 0 radical (unpaired) electrons. The Labute approximate surface area is 146 Å². The molecule has 1 saturated heterocycles. The number of amides is 1. The zero-order valence-corrected chi connectivity index (χ0v) is 15.1. The van der Waals surface area contributed by atoms with Crippen molar-refractivity contribution in [2.75, 3.05) is 25.1 Å². The summed E-state index contributed by atoms with van der Waals surface area (Å²) in [6, 6.07) is 6.17. The minimum atomic E-state index is -0.858. The molecule has 2 N–H and O–H groups in total.